The standard InChI is InChI=1S/C29H36N2O8/c1-3-5-7-19-38-29(36)22-8-12-23(13-9-22)30-25(32)16-17-27(34)39-20-26(33)31-24-14-10-21(11-15-24)28(35)37-18-6-4-2/h8-15H,3-7,16-20H2,1-2H3,(H,30,32)(H,31,33). The van der Waals surface area contributed by atoms with Crippen LogP contribution in [0.1, 0.15) is 79.5 Å². The van der Waals surface area contributed by atoms with Crippen molar-refractivity contribution in [3.05, 3.63) is 59.7 Å². The molecular formula is C29H36N2O8. The van der Waals surface area contributed by atoms with Gasteiger partial charge in [-0.15, -0.1) is 0 Å². The number of rotatable bonds is 16. The summed E-state index contributed by atoms with van der Waals surface area (Å²) < 4.78 is 15.3. The van der Waals surface area contributed by atoms with Gasteiger partial charge in [-0.05, 0) is 61.4 Å². The van der Waals surface area contributed by atoms with Crippen LogP contribution in [0.2, 0.25) is 0 Å². The number of nitrogens with one attached hydrogen (secondary N) is 2. The quantitative estimate of drug-likeness (QED) is 0.174. The molecule has 0 spiro atoms. The first-order valence-electron chi connectivity index (χ1n) is 13.1. The molecule has 10 heteroatoms. The Morgan fingerprint density at radius 3 is 1.59 bits per heavy atom. The van der Waals surface area contributed by atoms with E-state index < -0.39 is 36.3 Å². The minimum Gasteiger partial charge on any atom is -0.462 e. The van der Waals surface area contributed by atoms with Crippen LogP contribution in [0.3, 0.4) is 0 Å². The fourth-order valence-corrected chi connectivity index (χ4v) is 3.23. The molecule has 2 rings (SSSR count). The van der Waals surface area contributed by atoms with Gasteiger partial charge in [0.05, 0.1) is 30.8 Å². The zero-order chi connectivity index (χ0) is 28.5. The molecule has 0 aliphatic rings. The molecule has 210 valence electrons. The average Bonchev–Trinajstić information content (AvgIpc) is 2.94. The third-order valence-corrected chi connectivity index (χ3v) is 5.44. The molecule has 10 nitrogen and oxygen atoms in total. The third-order valence-electron chi connectivity index (χ3n) is 5.44. The molecule has 2 aromatic rings. The summed E-state index contributed by atoms with van der Waals surface area (Å²) in [6, 6.07) is 12.4. The van der Waals surface area contributed by atoms with Crippen LogP contribution in [0, 0.1) is 0 Å². The lowest BCUT2D eigenvalue weighted by Gasteiger charge is -2.09. The summed E-state index contributed by atoms with van der Waals surface area (Å²) in [5.41, 5.74) is 1.64. The minimum atomic E-state index is -0.702. The van der Waals surface area contributed by atoms with Crippen LogP contribution in [0.4, 0.5) is 11.4 Å². The van der Waals surface area contributed by atoms with Gasteiger partial charge in [0.2, 0.25) is 5.91 Å². The van der Waals surface area contributed by atoms with E-state index in [9.17, 15) is 24.0 Å². The van der Waals surface area contributed by atoms with Crippen LogP contribution >= 0.6 is 0 Å². The predicted octanol–water partition coefficient (Wildman–Crippen LogP) is 4.89. The highest BCUT2D eigenvalue weighted by molar-refractivity contribution is 5.96. The summed E-state index contributed by atoms with van der Waals surface area (Å²) in [5.74, 6) is -2.54. The van der Waals surface area contributed by atoms with E-state index in [-0.39, 0.29) is 12.8 Å². The molecule has 0 atom stereocenters. The maximum Gasteiger partial charge on any atom is 0.338 e. The van der Waals surface area contributed by atoms with Gasteiger partial charge in [-0.25, -0.2) is 9.59 Å². The highest BCUT2D eigenvalue weighted by Gasteiger charge is 2.13. The highest BCUT2D eigenvalue weighted by Crippen LogP contribution is 2.13. The second-order valence-corrected chi connectivity index (χ2v) is 8.74. The van der Waals surface area contributed by atoms with Crippen molar-refractivity contribution in [1.29, 1.82) is 0 Å². The summed E-state index contributed by atoms with van der Waals surface area (Å²) in [5, 5.41) is 5.20. The molecule has 0 aliphatic heterocycles. The Labute approximate surface area is 228 Å². The zero-order valence-electron chi connectivity index (χ0n) is 22.5. The Morgan fingerprint density at radius 1 is 0.590 bits per heavy atom. The van der Waals surface area contributed by atoms with Gasteiger partial charge in [0.15, 0.2) is 6.61 Å². The van der Waals surface area contributed by atoms with Gasteiger partial charge >= 0.3 is 17.9 Å². The summed E-state index contributed by atoms with van der Waals surface area (Å²) in [7, 11) is 0. The lowest BCUT2D eigenvalue weighted by molar-refractivity contribution is -0.147. The van der Waals surface area contributed by atoms with Crippen molar-refractivity contribution in [3.63, 3.8) is 0 Å². The second kappa shape index (κ2) is 17.3. The number of esters is 3. The Balaban J connectivity index is 1.66. The molecule has 0 saturated heterocycles. The van der Waals surface area contributed by atoms with Crippen molar-refractivity contribution >= 4 is 41.1 Å². The van der Waals surface area contributed by atoms with E-state index in [0.29, 0.717) is 35.7 Å². The lowest BCUT2D eigenvalue weighted by Crippen LogP contribution is -2.21. The highest BCUT2D eigenvalue weighted by atomic mass is 16.5. The van der Waals surface area contributed by atoms with Gasteiger partial charge in [0, 0.05) is 17.8 Å². The maximum absolute atomic E-state index is 12.1. The van der Waals surface area contributed by atoms with Crippen molar-refractivity contribution in [2.75, 3.05) is 30.5 Å². The van der Waals surface area contributed by atoms with E-state index in [1.54, 1.807) is 36.4 Å². The number of unbranched alkanes of at least 4 members (excludes halogenated alkanes) is 3. The fourth-order valence-electron chi connectivity index (χ4n) is 3.23. The molecule has 0 aromatic heterocycles. The summed E-state index contributed by atoms with van der Waals surface area (Å²) >= 11 is 0. The molecule has 0 aliphatic carbocycles. The van der Waals surface area contributed by atoms with Gasteiger partial charge in [0.25, 0.3) is 5.91 Å². The van der Waals surface area contributed by atoms with Crippen molar-refractivity contribution < 1.29 is 38.2 Å². The Morgan fingerprint density at radius 2 is 1.08 bits per heavy atom. The average molecular weight is 541 g/mol. The number of amides is 2. The first-order chi connectivity index (χ1) is 18.8. The molecular weight excluding hydrogens is 504 g/mol. The number of hydrogen-bond donors (Lipinski definition) is 2. The predicted molar refractivity (Wildman–Crippen MR) is 145 cm³/mol. The molecule has 0 fully saturated rings. The van der Waals surface area contributed by atoms with E-state index in [2.05, 4.69) is 17.6 Å². The summed E-state index contributed by atoms with van der Waals surface area (Å²) in [6.45, 7) is 4.27. The Kier molecular flexibility index (Phi) is 13.8. The van der Waals surface area contributed by atoms with Crippen LogP contribution in [0.15, 0.2) is 48.5 Å². The lowest BCUT2D eigenvalue weighted by atomic mass is 10.2. The SMILES string of the molecule is CCCCCOC(=O)c1ccc(NC(=O)CCC(=O)OCC(=O)Nc2ccc(C(=O)OCCCC)cc2)cc1. The van der Waals surface area contributed by atoms with Gasteiger partial charge in [0.1, 0.15) is 0 Å². The van der Waals surface area contributed by atoms with E-state index in [1.807, 2.05) is 6.92 Å². The normalized spacial score (nSPS) is 10.3. The molecule has 2 N–H and O–H groups in total. The van der Waals surface area contributed by atoms with Crippen LogP contribution in [0.5, 0.6) is 0 Å². The summed E-state index contributed by atoms with van der Waals surface area (Å²) in [6.07, 6.45) is 4.20. The topological polar surface area (TPSA) is 137 Å². The molecule has 2 amide bonds. The Hall–Kier alpha value is -4.21. The first kappa shape index (κ1) is 31.0. The van der Waals surface area contributed by atoms with Crippen LogP contribution < -0.4 is 10.6 Å². The number of ether oxygens (including phenoxy) is 3. The Bertz CT molecular complexity index is 1100. The van der Waals surface area contributed by atoms with Crippen molar-refractivity contribution in [1.82, 2.24) is 0 Å². The van der Waals surface area contributed by atoms with Crippen molar-refractivity contribution in [2.24, 2.45) is 0 Å². The van der Waals surface area contributed by atoms with Crippen molar-refractivity contribution in [2.45, 2.75) is 58.8 Å². The van der Waals surface area contributed by atoms with Crippen LogP contribution in [0.25, 0.3) is 0 Å². The van der Waals surface area contributed by atoms with E-state index in [1.165, 1.54) is 12.1 Å². The van der Waals surface area contributed by atoms with E-state index in [0.717, 1.165) is 32.1 Å². The number of benzene rings is 2. The van der Waals surface area contributed by atoms with Crippen LogP contribution in [-0.2, 0) is 28.6 Å². The zero-order valence-corrected chi connectivity index (χ0v) is 22.5. The molecule has 39 heavy (non-hydrogen) atoms. The largest absolute Gasteiger partial charge is 0.462 e. The van der Waals surface area contributed by atoms with Gasteiger partial charge in [-0.1, -0.05) is 33.1 Å². The van der Waals surface area contributed by atoms with Gasteiger partial charge in [-0.3, -0.25) is 14.4 Å². The molecule has 0 heterocycles. The maximum atomic E-state index is 12.1. The first-order valence-corrected chi connectivity index (χ1v) is 13.1. The number of carbonyl (C=O) groups excluding carboxylic acids is 5. The van der Waals surface area contributed by atoms with E-state index >= 15 is 0 Å². The van der Waals surface area contributed by atoms with Crippen molar-refractivity contribution in [3.8, 4) is 0 Å². The second-order valence-electron chi connectivity index (χ2n) is 8.74. The third kappa shape index (κ3) is 12.3. The molecule has 2 aromatic carbocycles. The van der Waals surface area contributed by atoms with Crippen LogP contribution in [-0.4, -0.2) is 49.5 Å². The summed E-state index contributed by atoms with van der Waals surface area (Å²) in [4.78, 5) is 60.1. The molecule has 0 saturated carbocycles. The fraction of sp³-hybridized carbons (Fsp3) is 0.414. The van der Waals surface area contributed by atoms with E-state index in [4.69, 9.17) is 14.2 Å². The molecule has 0 radical (unpaired) electrons. The minimum absolute atomic E-state index is 0.141. The smallest absolute Gasteiger partial charge is 0.338 e. The number of hydrogen-bond acceptors (Lipinski definition) is 8. The molecule has 0 unspecified atom stereocenters. The van der Waals surface area contributed by atoms with Gasteiger partial charge < -0.3 is 24.8 Å². The monoisotopic (exact) mass is 540 g/mol. The number of anilines is 2. The van der Waals surface area contributed by atoms with Gasteiger partial charge in [-0.2, -0.15) is 0 Å². The molecule has 0 bridgehead atoms. The number of carbonyl (C=O) groups is 5.